The first-order chi connectivity index (χ1) is 10.2. The quantitative estimate of drug-likeness (QED) is 0.445. The summed E-state index contributed by atoms with van der Waals surface area (Å²) < 4.78 is 1.70. The van der Waals surface area contributed by atoms with E-state index in [4.69, 9.17) is 0 Å². The second-order valence-corrected chi connectivity index (χ2v) is 4.77. The van der Waals surface area contributed by atoms with Crippen molar-refractivity contribution in [2.45, 2.75) is 32.6 Å². The molecule has 0 radical (unpaired) electrons. The van der Waals surface area contributed by atoms with Gasteiger partial charge in [-0.1, -0.05) is 19.4 Å². The van der Waals surface area contributed by atoms with Gasteiger partial charge >= 0.3 is 0 Å². The zero-order valence-corrected chi connectivity index (χ0v) is 11.9. The van der Waals surface area contributed by atoms with Crippen molar-refractivity contribution in [2.24, 2.45) is 0 Å². The third kappa shape index (κ3) is 3.53. The maximum Gasteiger partial charge on any atom is 0.271 e. The van der Waals surface area contributed by atoms with E-state index in [9.17, 15) is 14.9 Å². The molecule has 0 bridgehead atoms. The van der Waals surface area contributed by atoms with Crippen LogP contribution >= 0.6 is 0 Å². The fourth-order valence-electron chi connectivity index (χ4n) is 2.20. The highest BCUT2D eigenvalue weighted by atomic mass is 16.6. The monoisotopic (exact) mass is 287 g/mol. The molecule has 0 aliphatic carbocycles. The Morgan fingerprint density at radius 3 is 2.81 bits per heavy atom. The number of aldehydes is 1. The van der Waals surface area contributed by atoms with Crippen LogP contribution in [0.4, 0.5) is 5.69 Å². The summed E-state index contributed by atoms with van der Waals surface area (Å²) in [4.78, 5) is 21.0. The second kappa shape index (κ2) is 6.78. The first-order valence-electron chi connectivity index (χ1n) is 6.92. The summed E-state index contributed by atoms with van der Waals surface area (Å²) in [7, 11) is 0. The molecule has 0 fully saturated rings. The van der Waals surface area contributed by atoms with Crippen molar-refractivity contribution in [1.29, 1.82) is 0 Å². The van der Waals surface area contributed by atoms with Crippen LogP contribution in [-0.2, 0) is 17.6 Å². The molecule has 1 aromatic heterocycles. The average molecular weight is 287 g/mol. The summed E-state index contributed by atoms with van der Waals surface area (Å²) in [5.41, 5.74) is 2.50. The zero-order chi connectivity index (χ0) is 15.2. The Kier molecular flexibility index (Phi) is 4.81. The van der Waals surface area contributed by atoms with Crippen LogP contribution in [0.15, 0.2) is 30.3 Å². The van der Waals surface area contributed by atoms with E-state index < -0.39 is 4.92 Å². The van der Waals surface area contributed by atoms with Gasteiger partial charge in [-0.2, -0.15) is 5.10 Å². The third-order valence-electron chi connectivity index (χ3n) is 3.14. The van der Waals surface area contributed by atoms with Gasteiger partial charge in [0.2, 0.25) is 0 Å². The number of rotatable bonds is 7. The van der Waals surface area contributed by atoms with Crippen LogP contribution in [0, 0.1) is 10.1 Å². The average Bonchev–Trinajstić information content (AvgIpc) is 2.88. The molecule has 0 atom stereocenters. The molecule has 1 heterocycles. The van der Waals surface area contributed by atoms with Crippen molar-refractivity contribution in [2.75, 3.05) is 0 Å². The molecule has 0 aliphatic heterocycles. The number of hydrogen-bond donors (Lipinski definition) is 0. The number of nitrogens with zero attached hydrogens (tertiary/aromatic N) is 3. The highest BCUT2D eigenvalue weighted by Gasteiger charge is 2.12. The molecule has 0 amide bonds. The molecule has 0 spiro atoms. The van der Waals surface area contributed by atoms with Gasteiger partial charge in [-0.05, 0) is 25.0 Å². The topological polar surface area (TPSA) is 78.0 Å². The minimum atomic E-state index is -0.426. The molecule has 0 saturated heterocycles. The van der Waals surface area contributed by atoms with Gasteiger partial charge in [0.25, 0.3) is 5.69 Å². The SMILES string of the molecule is CCCc1cc(CCC=O)n(-c2cccc([N+](=O)[O-])c2)n1. The van der Waals surface area contributed by atoms with E-state index in [1.165, 1.54) is 12.1 Å². The van der Waals surface area contributed by atoms with Crippen molar-refractivity contribution in [3.63, 3.8) is 0 Å². The zero-order valence-electron chi connectivity index (χ0n) is 11.9. The van der Waals surface area contributed by atoms with Gasteiger partial charge in [0.1, 0.15) is 6.29 Å². The Labute approximate surface area is 122 Å². The normalized spacial score (nSPS) is 10.5. The van der Waals surface area contributed by atoms with Crippen LogP contribution in [-0.4, -0.2) is 21.0 Å². The first kappa shape index (κ1) is 14.9. The molecule has 2 aromatic rings. The van der Waals surface area contributed by atoms with Crippen molar-refractivity contribution < 1.29 is 9.72 Å². The Morgan fingerprint density at radius 2 is 2.14 bits per heavy atom. The predicted molar refractivity (Wildman–Crippen MR) is 78.6 cm³/mol. The van der Waals surface area contributed by atoms with Gasteiger partial charge in [0, 0.05) is 24.2 Å². The Balaban J connectivity index is 2.42. The molecule has 110 valence electrons. The van der Waals surface area contributed by atoms with Gasteiger partial charge in [0.15, 0.2) is 0 Å². The smallest absolute Gasteiger partial charge is 0.271 e. The fraction of sp³-hybridized carbons (Fsp3) is 0.333. The molecular weight excluding hydrogens is 270 g/mol. The molecular formula is C15H17N3O3. The maximum atomic E-state index is 10.9. The number of nitro benzene ring substituents is 1. The molecule has 2 rings (SSSR count). The standard InChI is InChI=1S/C15H17N3O3/c1-2-5-12-10-13(8-4-9-19)17(16-12)14-6-3-7-15(11-14)18(20)21/h3,6-7,9-11H,2,4-5,8H2,1H3. The van der Waals surface area contributed by atoms with Crippen molar-refractivity contribution >= 4 is 12.0 Å². The number of carbonyl (C=O) groups is 1. The molecule has 0 saturated carbocycles. The van der Waals surface area contributed by atoms with Crippen molar-refractivity contribution in [3.05, 3.63) is 51.8 Å². The number of non-ortho nitro benzene ring substituents is 1. The summed E-state index contributed by atoms with van der Waals surface area (Å²) in [5, 5.41) is 15.4. The van der Waals surface area contributed by atoms with Crippen LogP contribution < -0.4 is 0 Å². The Hall–Kier alpha value is -2.50. The molecule has 6 nitrogen and oxygen atoms in total. The molecule has 0 unspecified atom stereocenters. The molecule has 0 N–H and O–H groups in total. The summed E-state index contributed by atoms with van der Waals surface area (Å²) >= 11 is 0. The number of nitro groups is 1. The lowest BCUT2D eigenvalue weighted by Gasteiger charge is -2.06. The lowest BCUT2D eigenvalue weighted by molar-refractivity contribution is -0.384. The summed E-state index contributed by atoms with van der Waals surface area (Å²) in [6, 6.07) is 8.32. The molecule has 6 heteroatoms. The minimum absolute atomic E-state index is 0.0291. The number of hydrogen-bond acceptors (Lipinski definition) is 4. The number of aryl methyl sites for hydroxylation is 2. The first-order valence-corrected chi connectivity index (χ1v) is 6.92. The highest BCUT2D eigenvalue weighted by Crippen LogP contribution is 2.20. The van der Waals surface area contributed by atoms with Crippen LogP contribution in [0.5, 0.6) is 0 Å². The van der Waals surface area contributed by atoms with E-state index >= 15 is 0 Å². The number of carbonyl (C=O) groups excluding carboxylic acids is 1. The van der Waals surface area contributed by atoms with Gasteiger partial charge in [-0.15, -0.1) is 0 Å². The number of benzene rings is 1. The van der Waals surface area contributed by atoms with E-state index in [2.05, 4.69) is 12.0 Å². The van der Waals surface area contributed by atoms with E-state index in [0.29, 0.717) is 18.5 Å². The maximum absolute atomic E-state index is 10.9. The Morgan fingerprint density at radius 1 is 1.33 bits per heavy atom. The van der Waals surface area contributed by atoms with Gasteiger partial charge in [-0.3, -0.25) is 10.1 Å². The highest BCUT2D eigenvalue weighted by molar-refractivity contribution is 5.50. The molecule has 1 aromatic carbocycles. The lowest BCUT2D eigenvalue weighted by Crippen LogP contribution is -2.03. The summed E-state index contributed by atoms with van der Waals surface area (Å²) in [5.74, 6) is 0. The fourth-order valence-corrected chi connectivity index (χ4v) is 2.20. The van der Waals surface area contributed by atoms with Gasteiger partial charge in [-0.25, -0.2) is 4.68 Å². The van der Waals surface area contributed by atoms with E-state index in [1.54, 1.807) is 16.8 Å². The van der Waals surface area contributed by atoms with Crippen LogP contribution in [0.3, 0.4) is 0 Å². The Bertz CT molecular complexity index is 649. The molecule has 0 aliphatic rings. The van der Waals surface area contributed by atoms with Gasteiger partial charge < -0.3 is 4.79 Å². The van der Waals surface area contributed by atoms with Crippen molar-refractivity contribution in [3.8, 4) is 5.69 Å². The van der Waals surface area contributed by atoms with E-state index in [1.807, 2.05) is 6.07 Å². The number of aromatic nitrogens is 2. The molecule has 21 heavy (non-hydrogen) atoms. The summed E-state index contributed by atoms with van der Waals surface area (Å²) in [6.45, 7) is 2.07. The van der Waals surface area contributed by atoms with E-state index in [0.717, 1.165) is 30.5 Å². The predicted octanol–water partition coefficient (Wildman–Crippen LogP) is 2.86. The second-order valence-electron chi connectivity index (χ2n) is 4.77. The largest absolute Gasteiger partial charge is 0.303 e. The van der Waals surface area contributed by atoms with Crippen LogP contribution in [0.1, 0.15) is 31.2 Å². The lowest BCUT2D eigenvalue weighted by atomic mass is 10.2. The van der Waals surface area contributed by atoms with Crippen LogP contribution in [0.25, 0.3) is 5.69 Å². The van der Waals surface area contributed by atoms with Crippen molar-refractivity contribution in [1.82, 2.24) is 9.78 Å². The van der Waals surface area contributed by atoms with E-state index in [-0.39, 0.29) is 5.69 Å². The van der Waals surface area contributed by atoms with Gasteiger partial charge in [0.05, 0.1) is 16.3 Å². The minimum Gasteiger partial charge on any atom is -0.303 e. The summed E-state index contributed by atoms with van der Waals surface area (Å²) in [6.07, 6.45) is 3.66. The third-order valence-corrected chi connectivity index (χ3v) is 3.14. The van der Waals surface area contributed by atoms with Crippen LogP contribution in [0.2, 0.25) is 0 Å².